The van der Waals surface area contributed by atoms with Crippen LogP contribution in [0.25, 0.3) is 0 Å². The first kappa shape index (κ1) is 29.3. The van der Waals surface area contributed by atoms with Crippen LogP contribution in [-0.4, -0.2) is 47.9 Å². The number of hydrogen-bond acceptors (Lipinski definition) is 7. The molecule has 1 aliphatic rings. The normalized spacial score (nSPS) is 15.8. The lowest BCUT2D eigenvalue weighted by Gasteiger charge is -2.27. The van der Waals surface area contributed by atoms with Crippen molar-refractivity contribution >= 4 is 17.8 Å². The average molecular weight is 555 g/mol. The van der Waals surface area contributed by atoms with Crippen LogP contribution in [0.2, 0.25) is 0 Å². The number of nitrogens with one attached hydrogen (secondary N) is 1. The quantitative estimate of drug-likeness (QED) is 0.347. The summed E-state index contributed by atoms with van der Waals surface area (Å²) in [5.74, 6) is -0.468. The van der Waals surface area contributed by atoms with E-state index in [1.54, 1.807) is 48.2 Å². The predicted octanol–water partition coefficient (Wildman–Crippen LogP) is 3.42. The Bertz CT molecular complexity index is 1370. The van der Waals surface area contributed by atoms with E-state index in [1.807, 2.05) is 42.5 Å². The van der Waals surface area contributed by atoms with Gasteiger partial charge in [-0.05, 0) is 61.6 Å². The van der Waals surface area contributed by atoms with E-state index < -0.39 is 24.2 Å². The van der Waals surface area contributed by atoms with Crippen molar-refractivity contribution in [3.05, 3.63) is 101 Å². The maximum atomic E-state index is 13.1. The van der Waals surface area contributed by atoms with Gasteiger partial charge in [0, 0.05) is 18.7 Å². The van der Waals surface area contributed by atoms with Crippen molar-refractivity contribution in [3.63, 3.8) is 0 Å². The van der Waals surface area contributed by atoms with Crippen LogP contribution in [0.15, 0.2) is 78.9 Å². The fourth-order valence-electron chi connectivity index (χ4n) is 4.80. The molecule has 0 saturated carbocycles. The lowest BCUT2D eigenvalue weighted by Crippen LogP contribution is -2.51. The van der Waals surface area contributed by atoms with E-state index >= 15 is 0 Å². The second kappa shape index (κ2) is 14.1. The van der Waals surface area contributed by atoms with Crippen molar-refractivity contribution in [2.45, 2.75) is 50.9 Å². The molecule has 2 amide bonds. The number of nitrogens with two attached hydrogens (primary N) is 1. The predicted molar refractivity (Wildman–Crippen MR) is 152 cm³/mol. The van der Waals surface area contributed by atoms with Gasteiger partial charge in [-0.25, -0.2) is 4.79 Å². The molecular weight excluding hydrogens is 520 g/mol. The van der Waals surface area contributed by atoms with Crippen LogP contribution in [0.3, 0.4) is 0 Å². The number of nitrogens with zero attached hydrogens (tertiary/aromatic N) is 2. The molecule has 3 aromatic rings. The Morgan fingerprint density at radius 1 is 1.02 bits per heavy atom. The van der Waals surface area contributed by atoms with Crippen molar-refractivity contribution in [1.29, 1.82) is 5.26 Å². The summed E-state index contributed by atoms with van der Waals surface area (Å²) in [7, 11) is 0. The van der Waals surface area contributed by atoms with Crippen LogP contribution in [0.4, 0.5) is 0 Å². The van der Waals surface area contributed by atoms with Gasteiger partial charge in [-0.3, -0.25) is 9.59 Å². The Labute approximate surface area is 239 Å². The monoisotopic (exact) mass is 554 g/mol. The summed E-state index contributed by atoms with van der Waals surface area (Å²) in [6.07, 6.45) is 0.729. The highest BCUT2D eigenvalue weighted by Crippen LogP contribution is 2.24. The second-order valence-electron chi connectivity index (χ2n) is 9.83. The van der Waals surface area contributed by atoms with Gasteiger partial charge in [-0.2, -0.15) is 5.26 Å². The van der Waals surface area contributed by atoms with Gasteiger partial charge >= 0.3 is 5.97 Å². The van der Waals surface area contributed by atoms with Crippen molar-refractivity contribution in [2.75, 3.05) is 13.2 Å². The first-order chi connectivity index (χ1) is 19.9. The molecule has 9 heteroatoms. The lowest BCUT2D eigenvalue weighted by molar-refractivity contribution is -0.151. The Morgan fingerprint density at radius 2 is 1.71 bits per heavy atom. The van der Waals surface area contributed by atoms with E-state index in [0.717, 1.165) is 17.5 Å². The van der Waals surface area contributed by atoms with Crippen LogP contribution >= 0.6 is 0 Å². The number of rotatable bonds is 11. The number of benzene rings is 3. The summed E-state index contributed by atoms with van der Waals surface area (Å²) >= 11 is 0. The number of esters is 1. The maximum Gasteiger partial charge on any atom is 0.352 e. The summed E-state index contributed by atoms with van der Waals surface area (Å²) in [4.78, 5) is 40.2. The zero-order valence-electron chi connectivity index (χ0n) is 23.0. The molecule has 1 unspecified atom stereocenters. The topological polar surface area (TPSA) is 135 Å². The third kappa shape index (κ3) is 7.71. The van der Waals surface area contributed by atoms with Gasteiger partial charge in [0.1, 0.15) is 11.8 Å². The van der Waals surface area contributed by atoms with Crippen LogP contribution < -0.4 is 15.8 Å². The Kier molecular flexibility index (Phi) is 10.1. The molecule has 0 bridgehead atoms. The number of carbonyl (C=O) groups excluding carboxylic acids is 3. The van der Waals surface area contributed by atoms with E-state index in [9.17, 15) is 14.4 Å². The SMILES string of the molecule is CCOC(=O)C(Oc1ccc(CNC(=O)[C@@H]2CCCN2C(=O)[C@@H](N)Cc2ccc(C#N)cc2)cc1)c1ccccc1. The fraction of sp³-hybridized carbons (Fsp3) is 0.312. The zero-order chi connectivity index (χ0) is 29.2. The summed E-state index contributed by atoms with van der Waals surface area (Å²) < 4.78 is 11.2. The Morgan fingerprint density at radius 3 is 2.37 bits per heavy atom. The first-order valence-corrected chi connectivity index (χ1v) is 13.7. The maximum absolute atomic E-state index is 13.1. The van der Waals surface area contributed by atoms with E-state index in [-0.39, 0.29) is 25.0 Å². The molecule has 0 spiro atoms. The molecule has 3 atom stereocenters. The number of likely N-dealkylation sites (tertiary alicyclic amines) is 1. The van der Waals surface area contributed by atoms with Crippen molar-refractivity contribution < 1.29 is 23.9 Å². The standard InChI is InChI=1S/C32H34N4O5/c1-2-40-32(39)29(25-7-4-3-5-8-25)41-26-16-14-24(15-17-26)21-35-30(37)28-9-6-18-36(28)31(38)27(34)19-22-10-12-23(20-33)13-11-22/h3-5,7-8,10-17,27-29H,2,6,9,18-19,21,34H2,1H3,(H,35,37)/t27-,28-,29?/m0/s1. The summed E-state index contributed by atoms with van der Waals surface area (Å²) in [6.45, 7) is 2.74. The highest BCUT2D eigenvalue weighted by molar-refractivity contribution is 5.90. The minimum Gasteiger partial charge on any atom is -0.474 e. The van der Waals surface area contributed by atoms with Crippen LogP contribution in [0.5, 0.6) is 5.75 Å². The molecule has 1 heterocycles. The molecule has 3 N–H and O–H groups in total. The minimum absolute atomic E-state index is 0.229. The molecule has 4 rings (SSSR count). The molecule has 1 saturated heterocycles. The third-order valence-corrected chi connectivity index (χ3v) is 6.94. The highest BCUT2D eigenvalue weighted by Gasteiger charge is 2.36. The van der Waals surface area contributed by atoms with Gasteiger partial charge in [0.25, 0.3) is 0 Å². The summed E-state index contributed by atoms with van der Waals surface area (Å²) in [5, 5.41) is 11.9. The van der Waals surface area contributed by atoms with Gasteiger partial charge in [0.2, 0.25) is 17.9 Å². The van der Waals surface area contributed by atoms with Crippen LogP contribution in [0, 0.1) is 11.3 Å². The molecule has 41 heavy (non-hydrogen) atoms. The van der Waals surface area contributed by atoms with Crippen molar-refractivity contribution in [1.82, 2.24) is 10.2 Å². The highest BCUT2D eigenvalue weighted by atomic mass is 16.6. The lowest BCUT2D eigenvalue weighted by atomic mass is 10.0. The smallest absolute Gasteiger partial charge is 0.352 e. The van der Waals surface area contributed by atoms with Crippen LogP contribution in [0.1, 0.15) is 48.1 Å². The van der Waals surface area contributed by atoms with Crippen molar-refractivity contribution in [2.24, 2.45) is 5.73 Å². The second-order valence-corrected chi connectivity index (χ2v) is 9.83. The number of amides is 2. The van der Waals surface area contributed by atoms with Gasteiger partial charge in [-0.15, -0.1) is 0 Å². The average Bonchev–Trinajstić information content (AvgIpc) is 3.50. The van der Waals surface area contributed by atoms with E-state index in [0.29, 0.717) is 36.3 Å². The largest absolute Gasteiger partial charge is 0.474 e. The zero-order valence-corrected chi connectivity index (χ0v) is 23.0. The number of hydrogen-bond donors (Lipinski definition) is 2. The molecule has 212 valence electrons. The molecule has 1 aliphatic heterocycles. The molecular formula is C32H34N4O5. The summed E-state index contributed by atoms with van der Waals surface area (Å²) in [5.41, 5.74) is 9.15. The Balaban J connectivity index is 1.32. The fourth-order valence-corrected chi connectivity index (χ4v) is 4.80. The van der Waals surface area contributed by atoms with E-state index in [2.05, 4.69) is 11.4 Å². The minimum atomic E-state index is -0.893. The van der Waals surface area contributed by atoms with Gasteiger partial charge in [-0.1, -0.05) is 54.6 Å². The van der Waals surface area contributed by atoms with Gasteiger partial charge in [0.05, 0.1) is 24.3 Å². The van der Waals surface area contributed by atoms with Crippen LogP contribution in [-0.2, 0) is 32.1 Å². The number of ether oxygens (including phenoxy) is 2. The molecule has 0 aliphatic carbocycles. The van der Waals surface area contributed by atoms with Crippen molar-refractivity contribution in [3.8, 4) is 11.8 Å². The number of carbonyl (C=O) groups is 3. The van der Waals surface area contributed by atoms with E-state index in [1.165, 1.54) is 0 Å². The molecule has 0 radical (unpaired) electrons. The first-order valence-electron chi connectivity index (χ1n) is 13.7. The molecule has 0 aromatic heterocycles. The number of nitriles is 1. The van der Waals surface area contributed by atoms with Gasteiger partial charge in [0.15, 0.2) is 0 Å². The molecule has 3 aromatic carbocycles. The third-order valence-electron chi connectivity index (χ3n) is 6.94. The molecule has 9 nitrogen and oxygen atoms in total. The summed E-state index contributed by atoms with van der Waals surface area (Å²) in [6, 6.07) is 23.9. The van der Waals surface area contributed by atoms with Gasteiger partial charge < -0.3 is 25.4 Å². The Hall–Kier alpha value is -4.68. The van der Waals surface area contributed by atoms with E-state index in [4.69, 9.17) is 20.5 Å². The molecule has 1 fully saturated rings.